The second-order valence-corrected chi connectivity index (χ2v) is 4.98. The molecule has 1 unspecified atom stereocenters. The minimum absolute atomic E-state index is 0.100. The van der Waals surface area contributed by atoms with Gasteiger partial charge >= 0.3 is 5.97 Å². The Labute approximate surface area is 116 Å². The Morgan fingerprint density at radius 1 is 1.47 bits per heavy atom. The Morgan fingerprint density at radius 2 is 2.32 bits per heavy atom. The molecule has 0 bridgehead atoms. The quantitative estimate of drug-likeness (QED) is 0.849. The third-order valence-electron chi connectivity index (χ3n) is 2.63. The van der Waals surface area contributed by atoms with Crippen LogP contribution in [0.3, 0.4) is 0 Å². The zero-order valence-corrected chi connectivity index (χ0v) is 11.7. The number of ether oxygens (including phenoxy) is 1. The lowest BCUT2D eigenvalue weighted by Gasteiger charge is -2.15. The first-order valence-corrected chi connectivity index (χ1v) is 7.02. The minimum atomic E-state index is -0.350. The van der Waals surface area contributed by atoms with Crippen molar-refractivity contribution in [3.8, 4) is 0 Å². The van der Waals surface area contributed by atoms with Crippen molar-refractivity contribution < 1.29 is 9.53 Å². The van der Waals surface area contributed by atoms with Crippen molar-refractivity contribution in [1.82, 2.24) is 4.98 Å². The third-order valence-corrected chi connectivity index (χ3v) is 3.68. The molecule has 19 heavy (non-hydrogen) atoms. The van der Waals surface area contributed by atoms with E-state index in [9.17, 15) is 4.79 Å². The molecule has 0 radical (unpaired) electrons. The number of carbonyl (C=O) groups is 1. The molecule has 0 aliphatic carbocycles. The number of aromatic nitrogens is 1. The molecule has 2 rings (SSSR count). The molecule has 2 heterocycles. The molecule has 0 spiro atoms. The monoisotopic (exact) mass is 276 g/mol. The van der Waals surface area contributed by atoms with Gasteiger partial charge in [-0.15, -0.1) is 11.3 Å². The largest absolute Gasteiger partial charge is 0.462 e. The maximum absolute atomic E-state index is 11.8. The molecule has 4 nitrogen and oxygen atoms in total. The molecule has 1 atom stereocenters. The summed E-state index contributed by atoms with van der Waals surface area (Å²) in [6, 6.07) is 7.60. The van der Waals surface area contributed by atoms with Gasteiger partial charge in [-0.1, -0.05) is 6.07 Å². The molecule has 2 aromatic heterocycles. The van der Waals surface area contributed by atoms with Crippen molar-refractivity contribution in [3.05, 3.63) is 46.3 Å². The van der Waals surface area contributed by atoms with Gasteiger partial charge in [0.05, 0.1) is 12.6 Å². The first kappa shape index (κ1) is 13.5. The van der Waals surface area contributed by atoms with Crippen molar-refractivity contribution in [2.24, 2.45) is 0 Å². The molecule has 0 fully saturated rings. The Kier molecular flexibility index (Phi) is 4.52. The average Bonchev–Trinajstić information content (AvgIpc) is 2.93. The van der Waals surface area contributed by atoms with Crippen LogP contribution in [-0.2, 0) is 4.74 Å². The topological polar surface area (TPSA) is 51.2 Å². The van der Waals surface area contributed by atoms with E-state index in [1.165, 1.54) is 4.88 Å². The highest BCUT2D eigenvalue weighted by Gasteiger charge is 2.15. The van der Waals surface area contributed by atoms with Gasteiger partial charge in [-0.25, -0.2) is 9.78 Å². The smallest absolute Gasteiger partial charge is 0.341 e. The van der Waals surface area contributed by atoms with Crippen LogP contribution < -0.4 is 5.32 Å². The van der Waals surface area contributed by atoms with E-state index >= 15 is 0 Å². The van der Waals surface area contributed by atoms with Crippen molar-refractivity contribution in [3.63, 3.8) is 0 Å². The number of esters is 1. The first-order valence-electron chi connectivity index (χ1n) is 6.14. The standard InChI is InChI=1S/C14H16N2O2S/c1-3-18-14(17)11-6-4-8-15-13(11)16-10(2)12-7-5-9-19-12/h4-10H,3H2,1-2H3,(H,15,16). The fourth-order valence-electron chi connectivity index (χ4n) is 1.71. The number of pyridine rings is 1. The summed E-state index contributed by atoms with van der Waals surface area (Å²) < 4.78 is 5.02. The van der Waals surface area contributed by atoms with Gasteiger partial charge in [0.1, 0.15) is 11.4 Å². The number of carbonyl (C=O) groups excluding carboxylic acids is 1. The molecule has 1 N–H and O–H groups in total. The van der Waals surface area contributed by atoms with Gasteiger partial charge in [0, 0.05) is 11.1 Å². The number of nitrogens with zero attached hydrogens (tertiary/aromatic N) is 1. The predicted octanol–water partition coefficient (Wildman–Crippen LogP) is 3.49. The van der Waals surface area contributed by atoms with Gasteiger partial charge in [0.25, 0.3) is 0 Å². The molecular weight excluding hydrogens is 260 g/mol. The van der Waals surface area contributed by atoms with Crippen LogP contribution in [0.2, 0.25) is 0 Å². The molecular formula is C14H16N2O2S. The van der Waals surface area contributed by atoms with E-state index < -0.39 is 0 Å². The van der Waals surface area contributed by atoms with Crippen molar-refractivity contribution in [2.45, 2.75) is 19.9 Å². The molecule has 0 amide bonds. The van der Waals surface area contributed by atoms with Crippen molar-refractivity contribution in [2.75, 3.05) is 11.9 Å². The van der Waals surface area contributed by atoms with Crippen LogP contribution in [0.4, 0.5) is 5.82 Å². The lowest BCUT2D eigenvalue weighted by molar-refractivity contribution is 0.0527. The van der Waals surface area contributed by atoms with Crippen LogP contribution >= 0.6 is 11.3 Å². The highest BCUT2D eigenvalue weighted by atomic mass is 32.1. The second kappa shape index (κ2) is 6.33. The molecule has 0 saturated carbocycles. The van der Waals surface area contributed by atoms with E-state index in [4.69, 9.17) is 4.74 Å². The van der Waals surface area contributed by atoms with Gasteiger partial charge in [0.2, 0.25) is 0 Å². The number of thiophene rings is 1. The van der Waals surface area contributed by atoms with E-state index in [0.717, 1.165) is 0 Å². The summed E-state index contributed by atoms with van der Waals surface area (Å²) in [6.07, 6.45) is 1.66. The highest BCUT2D eigenvalue weighted by Crippen LogP contribution is 2.24. The molecule has 0 aliphatic heterocycles. The van der Waals surface area contributed by atoms with E-state index in [2.05, 4.69) is 16.4 Å². The lowest BCUT2D eigenvalue weighted by atomic mass is 10.2. The van der Waals surface area contributed by atoms with Crippen molar-refractivity contribution in [1.29, 1.82) is 0 Å². The number of anilines is 1. The van der Waals surface area contributed by atoms with Crippen LogP contribution in [0.15, 0.2) is 35.8 Å². The predicted molar refractivity (Wildman–Crippen MR) is 76.6 cm³/mol. The summed E-state index contributed by atoms with van der Waals surface area (Å²) >= 11 is 1.67. The van der Waals surface area contributed by atoms with Gasteiger partial charge in [-0.05, 0) is 37.4 Å². The average molecular weight is 276 g/mol. The first-order chi connectivity index (χ1) is 9.22. The zero-order valence-electron chi connectivity index (χ0n) is 10.9. The molecule has 2 aromatic rings. The van der Waals surface area contributed by atoms with Gasteiger partial charge in [-0.3, -0.25) is 0 Å². The second-order valence-electron chi connectivity index (χ2n) is 4.00. The number of hydrogen-bond acceptors (Lipinski definition) is 5. The van der Waals surface area contributed by atoms with Gasteiger partial charge < -0.3 is 10.1 Å². The highest BCUT2D eigenvalue weighted by molar-refractivity contribution is 7.10. The van der Waals surface area contributed by atoms with Crippen LogP contribution in [0.5, 0.6) is 0 Å². The van der Waals surface area contributed by atoms with E-state index in [1.54, 1.807) is 36.6 Å². The zero-order chi connectivity index (χ0) is 13.7. The Hall–Kier alpha value is -1.88. The van der Waals surface area contributed by atoms with E-state index in [1.807, 2.05) is 18.4 Å². The summed E-state index contributed by atoms with van der Waals surface area (Å²) in [6.45, 7) is 4.18. The van der Waals surface area contributed by atoms with E-state index in [-0.39, 0.29) is 12.0 Å². The van der Waals surface area contributed by atoms with Gasteiger partial charge in [-0.2, -0.15) is 0 Å². The summed E-state index contributed by atoms with van der Waals surface area (Å²) in [5, 5.41) is 5.28. The maximum atomic E-state index is 11.8. The van der Waals surface area contributed by atoms with Crippen LogP contribution in [0, 0.1) is 0 Å². The molecule has 0 saturated heterocycles. The van der Waals surface area contributed by atoms with E-state index in [0.29, 0.717) is 18.0 Å². The maximum Gasteiger partial charge on any atom is 0.341 e. The molecule has 0 aliphatic rings. The Bertz CT molecular complexity index is 540. The van der Waals surface area contributed by atoms with Crippen LogP contribution in [0.25, 0.3) is 0 Å². The fourth-order valence-corrected chi connectivity index (χ4v) is 2.44. The Balaban J connectivity index is 2.18. The molecule has 0 aromatic carbocycles. The summed E-state index contributed by atoms with van der Waals surface area (Å²) in [5.74, 6) is 0.207. The number of rotatable bonds is 5. The lowest BCUT2D eigenvalue weighted by Crippen LogP contribution is -2.13. The molecule has 100 valence electrons. The Morgan fingerprint density at radius 3 is 3.00 bits per heavy atom. The van der Waals surface area contributed by atoms with Crippen LogP contribution in [0.1, 0.15) is 35.1 Å². The summed E-state index contributed by atoms with van der Waals surface area (Å²) in [4.78, 5) is 17.3. The SMILES string of the molecule is CCOC(=O)c1cccnc1NC(C)c1cccs1. The summed E-state index contributed by atoms with van der Waals surface area (Å²) in [7, 11) is 0. The summed E-state index contributed by atoms with van der Waals surface area (Å²) in [5.41, 5.74) is 0.466. The fraction of sp³-hybridized carbons (Fsp3) is 0.286. The molecule has 5 heteroatoms. The third kappa shape index (κ3) is 3.32. The minimum Gasteiger partial charge on any atom is -0.462 e. The van der Waals surface area contributed by atoms with Gasteiger partial charge in [0.15, 0.2) is 0 Å². The number of hydrogen-bond donors (Lipinski definition) is 1. The number of nitrogens with one attached hydrogen (secondary N) is 1. The normalized spacial score (nSPS) is 11.9. The van der Waals surface area contributed by atoms with Crippen molar-refractivity contribution >= 4 is 23.1 Å². The van der Waals surface area contributed by atoms with Crippen LogP contribution in [-0.4, -0.2) is 17.6 Å².